The van der Waals surface area contributed by atoms with Gasteiger partial charge in [-0.15, -0.1) is 0 Å². The molecule has 19 heavy (non-hydrogen) atoms. The molecule has 4 heteroatoms. The Balaban J connectivity index is 1.70. The molecule has 1 unspecified atom stereocenters. The van der Waals surface area contributed by atoms with Gasteiger partial charge in [-0.05, 0) is 50.0 Å². The Hall–Kier alpha value is -1.13. The van der Waals surface area contributed by atoms with E-state index in [1.54, 1.807) is 0 Å². The van der Waals surface area contributed by atoms with Crippen molar-refractivity contribution in [3.63, 3.8) is 0 Å². The summed E-state index contributed by atoms with van der Waals surface area (Å²) >= 11 is 0. The van der Waals surface area contributed by atoms with Crippen LogP contribution >= 0.6 is 0 Å². The van der Waals surface area contributed by atoms with Crippen molar-refractivity contribution < 1.29 is 9.13 Å². The van der Waals surface area contributed by atoms with Crippen molar-refractivity contribution in [2.24, 2.45) is 5.73 Å². The molecule has 0 bridgehead atoms. The molecule has 1 aromatic carbocycles. The first-order valence-electron chi connectivity index (χ1n) is 7.06. The molecule has 0 aromatic heterocycles. The quantitative estimate of drug-likeness (QED) is 0.856. The lowest BCUT2D eigenvalue weighted by Gasteiger charge is -2.28. The van der Waals surface area contributed by atoms with Crippen LogP contribution in [-0.2, 0) is 6.42 Å². The molecule has 0 radical (unpaired) electrons. The summed E-state index contributed by atoms with van der Waals surface area (Å²) < 4.78 is 18.9. The Kier molecular flexibility index (Phi) is 5.61. The van der Waals surface area contributed by atoms with Gasteiger partial charge in [0.2, 0.25) is 0 Å². The van der Waals surface area contributed by atoms with Crippen LogP contribution in [0.1, 0.15) is 18.4 Å². The lowest BCUT2D eigenvalue weighted by atomic mass is 10.1. The third-order valence-corrected chi connectivity index (χ3v) is 3.48. The maximum atomic E-state index is 13.2. The van der Waals surface area contributed by atoms with Crippen molar-refractivity contribution in [2.45, 2.75) is 25.4 Å². The monoisotopic (exact) mass is 266 g/mol. The molecule has 2 rings (SSSR count). The minimum atomic E-state index is -0.663. The van der Waals surface area contributed by atoms with Gasteiger partial charge in [-0.2, -0.15) is 0 Å². The topological polar surface area (TPSA) is 38.5 Å². The van der Waals surface area contributed by atoms with Gasteiger partial charge in [0.05, 0.1) is 0 Å². The Morgan fingerprint density at radius 2 is 2.11 bits per heavy atom. The van der Waals surface area contributed by atoms with E-state index in [-0.39, 0.29) is 0 Å². The van der Waals surface area contributed by atoms with Crippen molar-refractivity contribution in [1.82, 2.24) is 4.90 Å². The van der Waals surface area contributed by atoms with E-state index < -0.39 is 6.17 Å². The van der Waals surface area contributed by atoms with Gasteiger partial charge < -0.3 is 10.5 Å². The Morgan fingerprint density at radius 3 is 2.79 bits per heavy atom. The van der Waals surface area contributed by atoms with E-state index in [2.05, 4.69) is 4.90 Å². The fraction of sp³-hybridized carbons (Fsp3) is 0.600. The van der Waals surface area contributed by atoms with Gasteiger partial charge in [-0.3, -0.25) is 4.90 Å². The molecule has 0 spiro atoms. The normalized spacial score (nSPS) is 20.4. The molecule has 1 atom stereocenters. The summed E-state index contributed by atoms with van der Waals surface area (Å²) in [6.45, 7) is 3.62. The van der Waals surface area contributed by atoms with Gasteiger partial charge in [-0.25, -0.2) is 4.39 Å². The van der Waals surface area contributed by atoms with Gasteiger partial charge in [-0.1, -0.05) is 12.1 Å². The van der Waals surface area contributed by atoms with E-state index in [1.165, 1.54) is 5.56 Å². The molecule has 1 saturated heterocycles. The van der Waals surface area contributed by atoms with E-state index in [0.29, 0.717) is 26.1 Å². The van der Waals surface area contributed by atoms with E-state index in [0.717, 1.165) is 31.7 Å². The first-order chi connectivity index (χ1) is 9.28. The largest absolute Gasteiger partial charge is 0.492 e. The van der Waals surface area contributed by atoms with Crippen molar-refractivity contribution >= 4 is 0 Å². The summed E-state index contributed by atoms with van der Waals surface area (Å²) in [6.07, 6.45) is 1.89. The zero-order valence-corrected chi connectivity index (χ0v) is 11.4. The smallest absolute Gasteiger partial charge is 0.119 e. The first kappa shape index (κ1) is 14.3. The highest BCUT2D eigenvalue weighted by molar-refractivity contribution is 5.27. The number of halogens is 1. The molecule has 0 aliphatic carbocycles. The second-order valence-electron chi connectivity index (χ2n) is 5.07. The van der Waals surface area contributed by atoms with Crippen LogP contribution in [0.4, 0.5) is 4.39 Å². The summed E-state index contributed by atoms with van der Waals surface area (Å²) in [4.78, 5) is 2.14. The number of alkyl halides is 1. The van der Waals surface area contributed by atoms with Crippen LogP contribution in [-0.4, -0.2) is 43.9 Å². The van der Waals surface area contributed by atoms with Crippen molar-refractivity contribution in [3.05, 3.63) is 29.8 Å². The van der Waals surface area contributed by atoms with Crippen molar-refractivity contribution in [2.75, 3.05) is 32.8 Å². The summed E-state index contributed by atoms with van der Waals surface area (Å²) in [5.74, 6) is 0.870. The van der Waals surface area contributed by atoms with Crippen LogP contribution in [0.25, 0.3) is 0 Å². The van der Waals surface area contributed by atoms with Gasteiger partial charge in [0.15, 0.2) is 0 Å². The van der Waals surface area contributed by atoms with E-state index in [9.17, 15) is 4.39 Å². The minimum Gasteiger partial charge on any atom is -0.492 e. The van der Waals surface area contributed by atoms with Gasteiger partial charge in [0, 0.05) is 13.1 Å². The summed E-state index contributed by atoms with van der Waals surface area (Å²) in [7, 11) is 0. The Morgan fingerprint density at radius 1 is 1.32 bits per heavy atom. The number of ether oxygens (including phenoxy) is 1. The molecule has 1 aliphatic heterocycles. The number of nitrogens with two attached hydrogens (primary N) is 1. The average molecular weight is 266 g/mol. The Bertz CT molecular complexity index is 369. The lowest BCUT2D eigenvalue weighted by Crippen LogP contribution is -2.38. The average Bonchev–Trinajstić information content (AvgIpc) is 2.41. The van der Waals surface area contributed by atoms with Gasteiger partial charge in [0.25, 0.3) is 0 Å². The van der Waals surface area contributed by atoms with Gasteiger partial charge >= 0.3 is 0 Å². The van der Waals surface area contributed by atoms with Gasteiger partial charge in [0.1, 0.15) is 18.5 Å². The number of piperidine rings is 1. The highest BCUT2D eigenvalue weighted by Gasteiger charge is 2.18. The minimum absolute atomic E-state index is 0.554. The third-order valence-electron chi connectivity index (χ3n) is 3.48. The summed E-state index contributed by atoms with van der Waals surface area (Å²) in [6, 6.07) is 8.03. The second kappa shape index (κ2) is 7.46. The van der Waals surface area contributed by atoms with Crippen LogP contribution in [0.15, 0.2) is 24.3 Å². The van der Waals surface area contributed by atoms with Crippen molar-refractivity contribution in [3.8, 4) is 5.75 Å². The molecular weight excluding hydrogens is 243 g/mol. The van der Waals surface area contributed by atoms with Crippen LogP contribution in [0, 0.1) is 0 Å². The third kappa shape index (κ3) is 4.80. The van der Waals surface area contributed by atoms with E-state index >= 15 is 0 Å². The highest BCUT2D eigenvalue weighted by Crippen LogP contribution is 2.14. The maximum absolute atomic E-state index is 13.2. The molecule has 1 fully saturated rings. The number of likely N-dealkylation sites (tertiary alicyclic amines) is 1. The number of hydrogen-bond acceptors (Lipinski definition) is 3. The van der Waals surface area contributed by atoms with Crippen LogP contribution in [0.3, 0.4) is 0 Å². The predicted molar refractivity (Wildman–Crippen MR) is 75.3 cm³/mol. The number of nitrogens with zero attached hydrogens (tertiary/aromatic N) is 1. The fourth-order valence-corrected chi connectivity index (χ4v) is 2.41. The van der Waals surface area contributed by atoms with E-state index in [1.807, 2.05) is 24.3 Å². The van der Waals surface area contributed by atoms with Crippen molar-refractivity contribution in [1.29, 1.82) is 0 Å². The standard InChI is InChI=1S/C15H23FN2O/c16-14-2-1-9-18(12-14)10-11-19-15-5-3-13(4-6-15)7-8-17/h3-6,14H,1-2,7-12,17H2. The SMILES string of the molecule is NCCc1ccc(OCCN2CCCC(F)C2)cc1. The zero-order valence-electron chi connectivity index (χ0n) is 11.4. The molecule has 3 nitrogen and oxygen atoms in total. The molecule has 2 N–H and O–H groups in total. The van der Waals surface area contributed by atoms with Crippen LogP contribution in [0.2, 0.25) is 0 Å². The second-order valence-corrected chi connectivity index (χ2v) is 5.07. The molecule has 1 aliphatic rings. The molecule has 1 aromatic rings. The molecule has 1 heterocycles. The summed E-state index contributed by atoms with van der Waals surface area (Å²) in [5, 5.41) is 0. The number of hydrogen-bond donors (Lipinski definition) is 1. The first-order valence-corrected chi connectivity index (χ1v) is 7.06. The Labute approximate surface area is 114 Å². The maximum Gasteiger partial charge on any atom is 0.119 e. The molecule has 106 valence electrons. The molecule has 0 amide bonds. The fourth-order valence-electron chi connectivity index (χ4n) is 2.41. The van der Waals surface area contributed by atoms with E-state index in [4.69, 9.17) is 10.5 Å². The van der Waals surface area contributed by atoms with Crippen LogP contribution < -0.4 is 10.5 Å². The van der Waals surface area contributed by atoms with Crippen LogP contribution in [0.5, 0.6) is 5.75 Å². The number of benzene rings is 1. The highest BCUT2D eigenvalue weighted by atomic mass is 19.1. The summed E-state index contributed by atoms with van der Waals surface area (Å²) in [5.41, 5.74) is 6.73. The number of rotatable bonds is 6. The molecular formula is C15H23FN2O. The lowest BCUT2D eigenvalue weighted by molar-refractivity contribution is 0.121. The molecule has 0 saturated carbocycles. The predicted octanol–water partition coefficient (Wildman–Crippen LogP) is 2.00. The zero-order chi connectivity index (χ0) is 13.5.